The van der Waals surface area contributed by atoms with Gasteiger partial charge in [0.15, 0.2) is 0 Å². The minimum atomic E-state index is -4.56. The zero-order valence-electron chi connectivity index (χ0n) is 12.1. The molecule has 0 spiro atoms. The van der Waals surface area contributed by atoms with Crippen LogP contribution in [0.1, 0.15) is 23.6 Å². The quantitative estimate of drug-likeness (QED) is 0.827. The Bertz CT molecular complexity index is 568. The Balaban J connectivity index is 3.08. The number of hydrogen-bond donors (Lipinski definition) is 1. The maximum Gasteiger partial charge on any atom is 0.402 e. The topological polar surface area (TPSA) is 49.4 Å². The van der Waals surface area contributed by atoms with Crippen LogP contribution in [0.15, 0.2) is 11.0 Å². The lowest BCUT2D eigenvalue weighted by Crippen LogP contribution is -2.38. The average molecular weight is 344 g/mol. The van der Waals surface area contributed by atoms with Crippen molar-refractivity contribution in [2.24, 2.45) is 0 Å². The standard InChI is InChI=1S/C12H19F3N2O2S2/c1-4-16-7-10-6-11(9(3)20-10)21(18,19)17(5-2)8-12(13,14)15/h6,16H,4-5,7-8H2,1-3H3. The zero-order valence-corrected chi connectivity index (χ0v) is 13.8. The molecule has 0 aliphatic heterocycles. The molecule has 9 heteroatoms. The number of aryl methyl sites for hydroxylation is 1. The van der Waals surface area contributed by atoms with Crippen molar-refractivity contribution in [3.63, 3.8) is 0 Å². The monoisotopic (exact) mass is 344 g/mol. The van der Waals surface area contributed by atoms with Crippen LogP contribution < -0.4 is 5.32 Å². The number of thiophene rings is 1. The molecule has 0 aliphatic rings. The molecule has 0 aromatic carbocycles. The van der Waals surface area contributed by atoms with Gasteiger partial charge < -0.3 is 5.32 Å². The summed E-state index contributed by atoms with van der Waals surface area (Å²) < 4.78 is 62.7. The van der Waals surface area contributed by atoms with Gasteiger partial charge in [-0.2, -0.15) is 17.5 Å². The summed E-state index contributed by atoms with van der Waals surface area (Å²) in [6.45, 7) is 4.46. The van der Waals surface area contributed by atoms with E-state index in [0.29, 0.717) is 15.7 Å². The van der Waals surface area contributed by atoms with E-state index in [2.05, 4.69) is 5.32 Å². The molecule has 0 aliphatic carbocycles. The summed E-state index contributed by atoms with van der Waals surface area (Å²) in [4.78, 5) is 1.26. The van der Waals surface area contributed by atoms with E-state index in [1.54, 1.807) is 6.92 Å². The van der Waals surface area contributed by atoms with Crippen LogP contribution >= 0.6 is 11.3 Å². The SMILES string of the molecule is CCNCc1cc(S(=O)(=O)N(CC)CC(F)(F)F)c(C)s1. The van der Waals surface area contributed by atoms with Crippen LogP contribution in [0.5, 0.6) is 0 Å². The molecule has 1 aromatic heterocycles. The Kier molecular flexibility index (Phi) is 6.21. The maximum atomic E-state index is 12.5. The van der Waals surface area contributed by atoms with E-state index in [1.165, 1.54) is 24.3 Å². The normalized spacial score (nSPS) is 13.1. The van der Waals surface area contributed by atoms with Crippen LogP contribution in [0.25, 0.3) is 0 Å². The van der Waals surface area contributed by atoms with Crippen LogP contribution in [0.4, 0.5) is 13.2 Å². The Morgan fingerprint density at radius 1 is 1.33 bits per heavy atom. The van der Waals surface area contributed by atoms with E-state index >= 15 is 0 Å². The summed E-state index contributed by atoms with van der Waals surface area (Å²) in [6, 6.07) is 1.46. The van der Waals surface area contributed by atoms with Gasteiger partial charge in [0, 0.05) is 22.8 Å². The van der Waals surface area contributed by atoms with Crippen molar-refractivity contribution in [3.8, 4) is 0 Å². The minimum absolute atomic E-state index is 0.0356. The molecule has 0 atom stereocenters. The highest BCUT2D eigenvalue weighted by molar-refractivity contribution is 7.89. The number of hydrogen-bond acceptors (Lipinski definition) is 4. The highest BCUT2D eigenvalue weighted by Gasteiger charge is 2.37. The number of halogens is 3. The van der Waals surface area contributed by atoms with Crippen molar-refractivity contribution in [2.75, 3.05) is 19.6 Å². The molecule has 0 saturated carbocycles. The highest BCUT2D eigenvalue weighted by Crippen LogP contribution is 2.29. The summed E-state index contributed by atoms with van der Waals surface area (Å²) in [7, 11) is -4.12. The fourth-order valence-electron chi connectivity index (χ4n) is 1.82. The lowest BCUT2D eigenvalue weighted by Gasteiger charge is -2.21. The van der Waals surface area contributed by atoms with Crippen molar-refractivity contribution in [1.29, 1.82) is 0 Å². The van der Waals surface area contributed by atoms with Crippen molar-refractivity contribution in [3.05, 3.63) is 15.8 Å². The predicted octanol–water partition coefficient (Wildman–Crippen LogP) is 2.74. The molecular formula is C12H19F3N2O2S2. The molecule has 4 nitrogen and oxygen atoms in total. The molecular weight excluding hydrogens is 325 g/mol. The minimum Gasteiger partial charge on any atom is -0.312 e. The molecule has 0 unspecified atom stereocenters. The number of sulfonamides is 1. The van der Waals surface area contributed by atoms with Gasteiger partial charge in [-0.3, -0.25) is 0 Å². The Morgan fingerprint density at radius 2 is 1.95 bits per heavy atom. The molecule has 1 heterocycles. The number of alkyl halides is 3. The number of rotatable bonds is 7. The third-order valence-corrected chi connectivity index (χ3v) is 6.03. The average Bonchev–Trinajstić information content (AvgIpc) is 2.74. The van der Waals surface area contributed by atoms with Crippen molar-refractivity contribution < 1.29 is 21.6 Å². The van der Waals surface area contributed by atoms with Gasteiger partial charge in [0.25, 0.3) is 0 Å². The third-order valence-electron chi connectivity index (χ3n) is 2.80. The van der Waals surface area contributed by atoms with Crippen molar-refractivity contribution in [1.82, 2.24) is 9.62 Å². The highest BCUT2D eigenvalue weighted by atomic mass is 32.2. The summed E-state index contributed by atoms with van der Waals surface area (Å²) in [6.07, 6.45) is -4.56. The molecule has 21 heavy (non-hydrogen) atoms. The second-order valence-electron chi connectivity index (χ2n) is 4.46. The lowest BCUT2D eigenvalue weighted by molar-refractivity contribution is -0.135. The maximum absolute atomic E-state index is 12.5. The molecule has 0 bridgehead atoms. The second-order valence-corrected chi connectivity index (χ2v) is 7.71. The molecule has 0 saturated heterocycles. The summed E-state index contributed by atoms with van der Waals surface area (Å²) in [5, 5.41) is 3.06. The Morgan fingerprint density at radius 3 is 2.43 bits per heavy atom. The smallest absolute Gasteiger partial charge is 0.312 e. The van der Waals surface area contributed by atoms with Gasteiger partial charge in [0.2, 0.25) is 10.0 Å². The van der Waals surface area contributed by atoms with Crippen LogP contribution in [-0.4, -0.2) is 38.5 Å². The van der Waals surface area contributed by atoms with Gasteiger partial charge in [-0.15, -0.1) is 11.3 Å². The Labute approximate surface area is 127 Å². The van der Waals surface area contributed by atoms with Crippen LogP contribution in [0.2, 0.25) is 0 Å². The molecule has 1 rings (SSSR count). The summed E-state index contributed by atoms with van der Waals surface area (Å²) >= 11 is 1.28. The second kappa shape index (κ2) is 7.08. The first-order valence-electron chi connectivity index (χ1n) is 6.48. The first kappa shape index (κ1) is 18.4. The van der Waals surface area contributed by atoms with E-state index in [0.717, 1.165) is 11.4 Å². The fourth-order valence-corrected chi connectivity index (χ4v) is 4.83. The van der Waals surface area contributed by atoms with Crippen molar-refractivity contribution >= 4 is 21.4 Å². The van der Waals surface area contributed by atoms with E-state index < -0.39 is 22.7 Å². The molecule has 0 radical (unpaired) electrons. The summed E-state index contributed by atoms with van der Waals surface area (Å²) in [5.74, 6) is 0. The molecule has 0 amide bonds. The van der Waals surface area contributed by atoms with E-state index in [-0.39, 0.29) is 11.4 Å². The predicted molar refractivity (Wildman–Crippen MR) is 76.9 cm³/mol. The summed E-state index contributed by atoms with van der Waals surface area (Å²) in [5.41, 5.74) is 0. The van der Waals surface area contributed by atoms with Gasteiger partial charge in [-0.05, 0) is 19.5 Å². The van der Waals surface area contributed by atoms with Gasteiger partial charge >= 0.3 is 6.18 Å². The van der Waals surface area contributed by atoms with Crippen LogP contribution in [-0.2, 0) is 16.6 Å². The largest absolute Gasteiger partial charge is 0.402 e. The van der Waals surface area contributed by atoms with Crippen LogP contribution in [0, 0.1) is 6.92 Å². The first-order valence-corrected chi connectivity index (χ1v) is 8.74. The number of nitrogens with one attached hydrogen (secondary N) is 1. The van der Waals surface area contributed by atoms with E-state index in [4.69, 9.17) is 0 Å². The third kappa shape index (κ3) is 4.94. The van der Waals surface area contributed by atoms with Gasteiger partial charge in [-0.25, -0.2) is 8.42 Å². The van der Waals surface area contributed by atoms with Gasteiger partial charge in [-0.1, -0.05) is 13.8 Å². The van der Waals surface area contributed by atoms with Crippen molar-refractivity contribution in [2.45, 2.75) is 38.4 Å². The first-order chi connectivity index (χ1) is 9.61. The Hall–Kier alpha value is -0.640. The molecule has 122 valence electrons. The van der Waals surface area contributed by atoms with Gasteiger partial charge in [0.05, 0.1) is 4.90 Å². The van der Waals surface area contributed by atoms with E-state index in [9.17, 15) is 21.6 Å². The molecule has 0 fully saturated rings. The zero-order chi connectivity index (χ0) is 16.3. The molecule has 1 aromatic rings. The van der Waals surface area contributed by atoms with Gasteiger partial charge in [0.1, 0.15) is 6.54 Å². The fraction of sp³-hybridized carbons (Fsp3) is 0.667. The molecule has 1 N–H and O–H groups in total. The number of nitrogens with zero attached hydrogens (tertiary/aromatic N) is 1. The van der Waals surface area contributed by atoms with E-state index in [1.807, 2.05) is 6.92 Å². The van der Waals surface area contributed by atoms with Crippen LogP contribution in [0.3, 0.4) is 0 Å². The lowest BCUT2D eigenvalue weighted by atomic mass is 10.4.